The molecule has 0 bridgehead atoms. The average Bonchev–Trinajstić information content (AvgIpc) is 2.30. The molecule has 0 radical (unpaired) electrons. The van der Waals surface area contributed by atoms with Crippen LogP contribution in [0.25, 0.3) is 0 Å². The Kier molecular flexibility index (Phi) is 5.29. The van der Waals surface area contributed by atoms with E-state index in [0.29, 0.717) is 6.54 Å². The third-order valence-electron chi connectivity index (χ3n) is 3.30. The Morgan fingerprint density at radius 1 is 1.30 bits per heavy atom. The molecule has 0 amide bonds. The molecule has 0 heterocycles. The van der Waals surface area contributed by atoms with Gasteiger partial charge in [0.25, 0.3) is 0 Å². The fraction of sp³-hybridized carbons (Fsp3) is 0.571. The van der Waals surface area contributed by atoms with E-state index in [1.807, 2.05) is 20.8 Å². The summed E-state index contributed by atoms with van der Waals surface area (Å²) < 4.78 is 40.9. The molecular weight excluding hydrogens is 279 g/mol. The Morgan fingerprint density at radius 3 is 2.40 bits per heavy atom. The summed E-state index contributed by atoms with van der Waals surface area (Å²) in [6, 6.07) is 3.81. The van der Waals surface area contributed by atoms with Crippen molar-refractivity contribution in [1.82, 2.24) is 10.0 Å². The number of rotatable bonds is 5. The van der Waals surface area contributed by atoms with E-state index in [2.05, 4.69) is 10.0 Å². The van der Waals surface area contributed by atoms with Crippen molar-refractivity contribution in [3.63, 3.8) is 0 Å². The fourth-order valence-corrected chi connectivity index (χ4v) is 3.12. The lowest BCUT2D eigenvalue weighted by atomic mass is 9.89. The molecule has 1 aromatic carbocycles. The molecule has 6 heteroatoms. The first kappa shape index (κ1) is 17.1. The Balaban J connectivity index is 3.12. The van der Waals surface area contributed by atoms with Gasteiger partial charge < -0.3 is 5.32 Å². The summed E-state index contributed by atoms with van der Waals surface area (Å²) >= 11 is 0. The van der Waals surface area contributed by atoms with Crippen LogP contribution in [0.1, 0.15) is 33.3 Å². The van der Waals surface area contributed by atoms with Gasteiger partial charge in [-0.25, -0.2) is 17.5 Å². The first-order chi connectivity index (χ1) is 9.08. The molecule has 1 unspecified atom stereocenters. The van der Waals surface area contributed by atoms with Crippen molar-refractivity contribution in [2.45, 2.75) is 45.2 Å². The lowest BCUT2D eigenvalue weighted by Crippen LogP contribution is -2.41. The molecule has 20 heavy (non-hydrogen) atoms. The molecule has 4 nitrogen and oxygen atoms in total. The average molecular weight is 302 g/mol. The van der Waals surface area contributed by atoms with Crippen LogP contribution in [0, 0.1) is 11.2 Å². The molecule has 0 aliphatic heterocycles. The van der Waals surface area contributed by atoms with Crippen LogP contribution in [-0.4, -0.2) is 21.5 Å². The van der Waals surface area contributed by atoms with Gasteiger partial charge in [-0.15, -0.1) is 0 Å². The third kappa shape index (κ3) is 4.26. The van der Waals surface area contributed by atoms with Gasteiger partial charge >= 0.3 is 0 Å². The highest BCUT2D eigenvalue weighted by Gasteiger charge is 2.27. The summed E-state index contributed by atoms with van der Waals surface area (Å²) in [5.74, 6) is -0.738. The lowest BCUT2D eigenvalue weighted by Gasteiger charge is -2.27. The zero-order valence-corrected chi connectivity index (χ0v) is 13.4. The fourth-order valence-electron chi connectivity index (χ4n) is 1.54. The second kappa shape index (κ2) is 6.20. The molecule has 114 valence electrons. The molecule has 2 N–H and O–H groups in total. The first-order valence-electron chi connectivity index (χ1n) is 6.53. The monoisotopic (exact) mass is 302 g/mol. The molecular formula is C14H23FN2O2S. The number of halogens is 1. The van der Waals surface area contributed by atoms with Gasteiger partial charge in [0, 0.05) is 12.6 Å². The van der Waals surface area contributed by atoms with Crippen molar-refractivity contribution in [3.05, 3.63) is 29.6 Å². The number of benzene rings is 1. The highest BCUT2D eigenvalue weighted by atomic mass is 32.2. The Morgan fingerprint density at radius 2 is 1.90 bits per heavy atom. The SMILES string of the molecule is CNCc1ccc(F)c(S(=O)(=O)NC(C)C(C)(C)C)c1. The van der Waals surface area contributed by atoms with Gasteiger partial charge in [-0.1, -0.05) is 26.8 Å². The quantitative estimate of drug-likeness (QED) is 0.877. The minimum atomic E-state index is -3.87. The second-order valence-corrected chi connectivity index (χ2v) is 7.69. The second-order valence-electron chi connectivity index (χ2n) is 6.00. The Labute approximate surface area is 120 Å². The van der Waals surface area contributed by atoms with Crippen molar-refractivity contribution < 1.29 is 12.8 Å². The van der Waals surface area contributed by atoms with Gasteiger partial charge in [-0.3, -0.25) is 0 Å². The minimum absolute atomic E-state index is 0.244. The third-order valence-corrected chi connectivity index (χ3v) is 4.85. The van der Waals surface area contributed by atoms with Crippen LogP contribution >= 0.6 is 0 Å². The zero-order valence-electron chi connectivity index (χ0n) is 12.6. The molecule has 0 spiro atoms. The summed E-state index contributed by atoms with van der Waals surface area (Å²) in [6.45, 7) is 8.03. The Hall–Kier alpha value is -0.980. The van der Waals surface area contributed by atoms with Gasteiger partial charge in [0.15, 0.2) is 0 Å². The smallest absolute Gasteiger partial charge is 0.243 e. The molecule has 0 fully saturated rings. The van der Waals surface area contributed by atoms with E-state index in [4.69, 9.17) is 0 Å². The maximum atomic E-state index is 13.8. The van der Waals surface area contributed by atoms with E-state index in [-0.39, 0.29) is 16.4 Å². The van der Waals surface area contributed by atoms with E-state index in [0.717, 1.165) is 5.56 Å². The van der Waals surface area contributed by atoms with Crippen LogP contribution in [0.15, 0.2) is 23.1 Å². The van der Waals surface area contributed by atoms with Gasteiger partial charge in [-0.05, 0) is 37.1 Å². The summed E-state index contributed by atoms with van der Waals surface area (Å²) in [5, 5.41) is 2.91. The zero-order chi connectivity index (χ0) is 15.6. The molecule has 0 aromatic heterocycles. The number of nitrogens with one attached hydrogen (secondary N) is 2. The predicted octanol–water partition coefficient (Wildman–Crippen LogP) is 2.26. The molecule has 1 aromatic rings. The van der Waals surface area contributed by atoms with Crippen molar-refractivity contribution in [3.8, 4) is 0 Å². The predicted molar refractivity (Wildman–Crippen MR) is 78.4 cm³/mol. The van der Waals surface area contributed by atoms with Gasteiger partial charge in [0.05, 0.1) is 0 Å². The number of hydrogen-bond acceptors (Lipinski definition) is 3. The van der Waals surface area contributed by atoms with Gasteiger partial charge in [-0.2, -0.15) is 0 Å². The van der Waals surface area contributed by atoms with Crippen molar-refractivity contribution >= 4 is 10.0 Å². The Bertz CT molecular complexity index is 565. The van der Waals surface area contributed by atoms with E-state index in [1.54, 1.807) is 20.0 Å². The van der Waals surface area contributed by atoms with E-state index >= 15 is 0 Å². The molecule has 0 saturated carbocycles. The van der Waals surface area contributed by atoms with Crippen molar-refractivity contribution in [1.29, 1.82) is 0 Å². The van der Waals surface area contributed by atoms with Crippen LogP contribution in [0.2, 0.25) is 0 Å². The topological polar surface area (TPSA) is 58.2 Å². The van der Waals surface area contributed by atoms with E-state index in [9.17, 15) is 12.8 Å². The first-order valence-corrected chi connectivity index (χ1v) is 8.01. The maximum absolute atomic E-state index is 13.8. The molecule has 1 atom stereocenters. The molecule has 0 aliphatic carbocycles. The minimum Gasteiger partial charge on any atom is -0.316 e. The van der Waals surface area contributed by atoms with Crippen LogP contribution < -0.4 is 10.0 Å². The van der Waals surface area contributed by atoms with Crippen LogP contribution in [0.5, 0.6) is 0 Å². The highest BCUT2D eigenvalue weighted by Crippen LogP contribution is 2.22. The lowest BCUT2D eigenvalue weighted by molar-refractivity contribution is 0.317. The van der Waals surface area contributed by atoms with Crippen molar-refractivity contribution in [2.24, 2.45) is 5.41 Å². The molecule has 0 saturated heterocycles. The van der Waals surface area contributed by atoms with E-state index < -0.39 is 15.8 Å². The van der Waals surface area contributed by atoms with E-state index in [1.165, 1.54) is 12.1 Å². The number of hydrogen-bond donors (Lipinski definition) is 2. The summed E-state index contributed by atoms with van der Waals surface area (Å²) in [6.07, 6.45) is 0. The largest absolute Gasteiger partial charge is 0.316 e. The van der Waals surface area contributed by atoms with Crippen LogP contribution in [0.4, 0.5) is 4.39 Å². The standard InChI is InChI=1S/C14H23FN2O2S/c1-10(14(2,3)4)17-20(18,19)13-8-11(9-16-5)6-7-12(13)15/h6-8,10,16-17H,9H2,1-5H3. The van der Waals surface area contributed by atoms with Crippen LogP contribution in [-0.2, 0) is 16.6 Å². The van der Waals surface area contributed by atoms with Crippen molar-refractivity contribution in [2.75, 3.05) is 7.05 Å². The molecule has 0 aliphatic rings. The maximum Gasteiger partial charge on any atom is 0.243 e. The molecule has 1 rings (SSSR count). The highest BCUT2D eigenvalue weighted by molar-refractivity contribution is 7.89. The summed E-state index contributed by atoms with van der Waals surface area (Å²) in [4.78, 5) is -0.304. The summed E-state index contributed by atoms with van der Waals surface area (Å²) in [5.41, 5.74) is 0.476. The van der Waals surface area contributed by atoms with Crippen LogP contribution in [0.3, 0.4) is 0 Å². The van der Waals surface area contributed by atoms with Gasteiger partial charge in [0.2, 0.25) is 10.0 Å². The number of sulfonamides is 1. The van der Waals surface area contributed by atoms with Gasteiger partial charge in [0.1, 0.15) is 10.7 Å². The normalized spacial score (nSPS) is 14.3. The summed E-state index contributed by atoms with van der Waals surface area (Å²) in [7, 11) is -2.12.